The van der Waals surface area contributed by atoms with Crippen molar-refractivity contribution >= 4 is 23.2 Å². The number of nitrogens with zero attached hydrogens (tertiary/aromatic N) is 2. The van der Waals surface area contributed by atoms with Gasteiger partial charge in [-0.2, -0.15) is 0 Å². The van der Waals surface area contributed by atoms with E-state index in [-0.39, 0.29) is 30.5 Å². The largest absolute Gasteiger partial charge is 0.370 e. The Bertz CT molecular complexity index is 589. The highest BCUT2D eigenvalue weighted by atomic mass is 16.5. The van der Waals surface area contributed by atoms with E-state index in [1.54, 1.807) is 4.90 Å². The Kier molecular flexibility index (Phi) is 4.61. The van der Waals surface area contributed by atoms with Crippen LogP contribution >= 0.6 is 0 Å². The average Bonchev–Trinajstić information content (AvgIpc) is 2.87. The summed E-state index contributed by atoms with van der Waals surface area (Å²) in [6.45, 7) is 1.94. The molecule has 2 aliphatic heterocycles. The monoisotopic (exact) mass is 318 g/mol. The normalized spacial score (nSPS) is 25.7. The van der Waals surface area contributed by atoms with Gasteiger partial charge in [-0.25, -0.2) is 0 Å². The molecule has 0 aliphatic carbocycles. The third-order valence-electron chi connectivity index (χ3n) is 4.32. The SMILES string of the molecule is CN1C[C@@H](N)C[C@H]1C(=O)Nc1ccc(N2CCOCC2=O)cc1. The van der Waals surface area contributed by atoms with Gasteiger partial charge < -0.3 is 20.7 Å². The number of ether oxygens (including phenoxy) is 1. The quantitative estimate of drug-likeness (QED) is 0.820. The second-order valence-electron chi connectivity index (χ2n) is 6.09. The molecular weight excluding hydrogens is 296 g/mol. The molecule has 0 radical (unpaired) electrons. The van der Waals surface area contributed by atoms with Crippen molar-refractivity contribution in [2.45, 2.75) is 18.5 Å². The number of amides is 2. The molecule has 0 bridgehead atoms. The molecule has 7 heteroatoms. The summed E-state index contributed by atoms with van der Waals surface area (Å²) in [5.74, 6) is -0.0924. The molecule has 3 N–H and O–H groups in total. The zero-order valence-electron chi connectivity index (χ0n) is 13.2. The lowest BCUT2D eigenvalue weighted by Crippen LogP contribution is -2.41. The Hall–Kier alpha value is -1.96. The van der Waals surface area contributed by atoms with E-state index in [4.69, 9.17) is 10.5 Å². The van der Waals surface area contributed by atoms with Crippen LogP contribution in [-0.4, -0.2) is 62.1 Å². The van der Waals surface area contributed by atoms with Gasteiger partial charge in [-0.1, -0.05) is 0 Å². The first-order chi connectivity index (χ1) is 11.0. The van der Waals surface area contributed by atoms with Crippen LogP contribution in [-0.2, 0) is 14.3 Å². The van der Waals surface area contributed by atoms with Crippen LogP contribution in [0.15, 0.2) is 24.3 Å². The maximum Gasteiger partial charge on any atom is 0.253 e. The average molecular weight is 318 g/mol. The van der Waals surface area contributed by atoms with Gasteiger partial charge in [-0.3, -0.25) is 14.5 Å². The lowest BCUT2D eigenvalue weighted by Gasteiger charge is -2.27. The second-order valence-corrected chi connectivity index (χ2v) is 6.09. The van der Waals surface area contributed by atoms with E-state index in [2.05, 4.69) is 5.32 Å². The Morgan fingerprint density at radius 2 is 2.09 bits per heavy atom. The summed E-state index contributed by atoms with van der Waals surface area (Å²) in [7, 11) is 1.91. The van der Waals surface area contributed by atoms with Crippen molar-refractivity contribution in [3.8, 4) is 0 Å². The number of carbonyl (C=O) groups is 2. The predicted octanol–water partition coefficient (Wildman–Crippen LogP) is 0.0197. The van der Waals surface area contributed by atoms with E-state index < -0.39 is 0 Å². The number of morpholine rings is 1. The highest BCUT2D eigenvalue weighted by molar-refractivity contribution is 5.97. The molecule has 7 nitrogen and oxygen atoms in total. The number of hydrogen-bond donors (Lipinski definition) is 2. The molecule has 2 atom stereocenters. The molecule has 0 unspecified atom stereocenters. The first-order valence-electron chi connectivity index (χ1n) is 7.79. The summed E-state index contributed by atoms with van der Waals surface area (Å²) in [4.78, 5) is 27.8. The summed E-state index contributed by atoms with van der Waals surface area (Å²) in [5.41, 5.74) is 7.42. The topological polar surface area (TPSA) is 87.9 Å². The Balaban J connectivity index is 1.63. The second kappa shape index (κ2) is 6.66. The maximum absolute atomic E-state index is 12.3. The number of benzene rings is 1. The molecule has 3 rings (SSSR count). The number of rotatable bonds is 3. The van der Waals surface area contributed by atoms with Gasteiger partial charge in [0.15, 0.2) is 0 Å². The van der Waals surface area contributed by atoms with Crippen molar-refractivity contribution in [1.82, 2.24) is 4.90 Å². The molecule has 2 amide bonds. The minimum atomic E-state index is -0.189. The summed E-state index contributed by atoms with van der Waals surface area (Å²) in [6.07, 6.45) is 0.669. The number of nitrogens with two attached hydrogens (primary N) is 1. The molecule has 2 saturated heterocycles. The summed E-state index contributed by atoms with van der Waals surface area (Å²) < 4.78 is 5.12. The first-order valence-corrected chi connectivity index (χ1v) is 7.79. The van der Waals surface area contributed by atoms with Crippen LogP contribution < -0.4 is 16.0 Å². The predicted molar refractivity (Wildman–Crippen MR) is 87.3 cm³/mol. The molecule has 1 aromatic rings. The number of likely N-dealkylation sites (tertiary alicyclic amines) is 1. The lowest BCUT2D eigenvalue weighted by molar-refractivity contribution is -0.125. The van der Waals surface area contributed by atoms with Gasteiger partial charge >= 0.3 is 0 Å². The van der Waals surface area contributed by atoms with Gasteiger partial charge in [0.05, 0.1) is 12.6 Å². The molecule has 2 aliphatic rings. The highest BCUT2D eigenvalue weighted by Gasteiger charge is 2.32. The third-order valence-corrected chi connectivity index (χ3v) is 4.32. The molecule has 1 aromatic carbocycles. The Morgan fingerprint density at radius 1 is 1.35 bits per heavy atom. The number of likely N-dealkylation sites (N-methyl/N-ethyl adjacent to an activating group) is 1. The molecular formula is C16H22N4O3. The number of hydrogen-bond acceptors (Lipinski definition) is 5. The first kappa shape index (κ1) is 15.9. The zero-order valence-corrected chi connectivity index (χ0v) is 13.2. The van der Waals surface area contributed by atoms with Gasteiger partial charge in [-0.05, 0) is 37.7 Å². The van der Waals surface area contributed by atoms with Crippen molar-refractivity contribution in [3.05, 3.63) is 24.3 Å². The molecule has 124 valence electrons. The molecule has 23 heavy (non-hydrogen) atoms. The van der Waals surface area contributed by atoms with E-state index in [1.165, 1.54) is 0 Å². The van der Waals surface area contributed by atoms with Crippen LogP contribution in [0.2, 0.25) is 0 Å². The standard InChI is InChI=1S/C16H22N4O3/c1-19-9-11(17)8-14(19)16(22)18-12-2-4-13(5-3-12)20-6-7-23-10-15(20)21/h2-5,11,14H,6-10,17H2,1H3,(H,18,22)/t11-,14-/m0/s1. The number of nitrogens with one attached hydrogen (secondary N) is 1. The van der Waals surface area contributed by atoms with Crippen molar-refractivity contribution in [3.63, 3.8) is 0 Å². The molecule has 0 saturated carbocycles. The highest BCUT2D eigenvalue weighted by Crippen LogP contribution is 2.21. The van der Waals surface area contributed by atoms with E-state index in [0.29, 0.717) is 25.3 Å². The smallest absolute Gasteiger partial charge is 0.253 e. The lowest BCUT2D eigenvalue weighted by atomic mass is 10.1. The van der Waals surface area contributed by atoms with E-state index in [0.717, 1.165) is 12.2 Å². The van der Waals surface area contributed by atoms with Crippen molar-refractivity contribution < 1.29 is 14.3 Å². The van der Waals surface area contributed by atoms with Gasteiger partial charge in [0.2, 0.25) is 5.91 Å². The Labute approximate surface area is 135 Å². The minimum absolute atomic E-state index is 0.0457. The van der Waals surface area contributed by atoms with Crippen LogP contribution in [0.3, 0.4) is 0 Å². The third kappa shape index (κ3) is 3.52. The van der Waals surface area contributed by atoms with Crippen LogP contribution in [0.4, 0.5) is 11.4 Å². The molecule has 2 fully saturated rings. The summed E-state index contributed by atoms with van der Waals surface area (Å²) >= 11 is 0. The summed E-state index contributed by atoms with van der Waals surface area (Å²) in [6, 6.07) is 7.15. The van der Waals surface area contributed by atoms with Crippen LogP contribution in [0.1, 0.15) is 6.42 Å². The summed E-state index contributed by atoms with van der Waals surface area (Å²) in [5, 5.41) is 2.91. The van der Waals surface area contributed by atoms with Gasteiger partial charge in [-0.15, -0.1) is 0 Å². The van der Waals surface area contributed by atoms with E-state index >= 15 is 0 Å². The van der Waals surface area contributed by atoms with Crippen molar-refractivity contribution in [2.24, 2.45) is 5.73 Å². The fourth-order valence-corrected chi connectivity index (χ4v) is 3.09. The molecule has 0 aromatic heterocycles. The van der Waals surface area contributed by atoms with Crippen LogP contribution in [0, 0.1) is 0 Å². The van der Waals surface area contributed by atoms with Crippen LogP contribution in [0.25, 0.3) is 0 Å². The number of anilines is 2. The number of carbonyl (C=O) groups excluding carboxylic acids is 2. The van der Waals surface area contributed by atoms with Crippen molar-refractivity contribution in [2.75, 3.05) is 43.6 Å². The van der Waals surface area contributed by atoms with Gasteiger partial charge in [0, 0.05) is 30.5 Å². The zero-order chi connectivity index (χ0) is 16.4. The molecule has 2 heterocycles. The fourth-order valence-electron chi connectivity index (χ4n) is 3.09. The fraction of sp³-hybridized carbons (Fsp3) is 0.500. The van der Waals surface area contributed by atoms with E-state index in [1.807, 2.05) is 36.2 Å². The van der Waals surface area contributed by atoms with Crippen molar-refractivity contribution in [1.29, 1.82) is 0 Å². The van der Waals surface area contributed by atoms with Gasteiger partial charge in [0.25, 0.3) is 5.91 Å². The minimum Gasteiger partial charge on any atom is -0.370 e. The van der Waals surface area contributed by atoms with Crippen LogP contribution in [0.5, 0.6) is 0 Å². The molecule has 0 spiro atoms. The Morgan fingerprint density at radius 3 is 2.70 bits per heavy atom. The van der Waals surface area contributed by atoms with E-state index in [9.17, 15) is 9.59 Å². The maximum atomic E-state index is 12.3. The van der Waals surface area contributed by atoms with Gasteiger partial charge in [0.1, 0.15) is 6.61 Å².